The van der Waals surface area contributed by atoms with E-state index in [1.54, 1.807) is 12.1 Å². The van der Waals surface area contributed by atoms with Gasteiger partial charge in [0.2, 0.25) is 0 Å². The molecule has 6 nitrogen and oxygen atoms in total. The largest absolute Gasteiger partial charge is 0.399 e. The monoisotopic (exact) mass is 245 g/mol. The Bertz CT molecular complexity index is 430. The Morgan fingerprint density at radius 3 is 2.31 bits per heavy atom. The smallest absolute Gasteiger partial charge is 0.285 e. The fourth-order valence-electron chi connectivity index (χ4n) is 1.28. The van der Waals surface area contributed by atoms with Crippen LogP contribution in [0.15, 0.2) is 24.3 Å². The molecule has 0 saturated heterocycles. The number of nitrogens with two attached hydrogens (primary N) is 2. The van der Waals surface area contributed by atoms with Crippen molar-refractivity contribution in [1.82, 2.24) is 5.32 Å². The van der Waals surface area contributed by atoms with E-state index in [1.807, 2.05) is 0 Å². The Kier molecular flexibility index (Phi) is 4.25. The normalized spacial score (nSPS) is 13.6. The third-order valence-electron chi connectivity index (χ3n) is 2.01. The van der Waals surface area contributed by atoms with Crippen LogP contribution < -0.4 is 16.8 Å². The fraction of sp³-hybridized carbons (Fsp3) is 0.333. The Morgan fingerprint density at radius 2 is 1.88 bits per heavy atom. The first kappa shape index (κ1) is 12.9. The second-order valence-electron chi connectivity index (χ2n) is 3.30. The molecule has 0 aliphatic carbocycles. The Morgan fingerprint density at radius 1 is 1.31 bits per heavy atom. The minimum atomic E-state index is -4.21. The first-order valence-corrected chi connectivity index (χ1v) is 6.20. The summed E-state index contributed by atoms with van der Waals surface area (Å²) in [5.74, 6) is 0. The van der Waals surface area contributed by atoms with Gasteiger partial charge in [0.05, 0.1) is 0 Å². The van der Waals surface area contributed by atoms with Crippen LogP contribution in [-0.4, -0.2) is 26.1 Å². The van der Waals surface area contributed by atoms with Crippen molar-refractivity contribution in [3.8, 4) is 0 Å². The standard InChI is InChI=1S/C9H15N3O3S/c10-5-6-12-9(16(13,14)15)7-1-3-8(11)4-2-7/h1-4,9,12H,5-6,10-11H2,(H,13,14,15). The molecular formula is C9H15N3O3S. The summed E-state index contributed by atoms with van der Waals surface area (Å²) in [5.41, 5.74) is 11.7. The highest BCUT2D eigenvalue weighted by Gasteiger charge is 2.23. The highest BCUT2D eigenvalue weighted by atomic mass is 32.2. The summed E-state index contributed by atoms with van der Waals surface area (Å²) >= 11 is 0. The number of nitrogen functional groups attached to an aromatic ring is 1. The molecule has 0 saturated carbocycles. The van der Waals surface area contributed by atoms with Crippen LogP contribution >= 0.6 is 0 Å². The van der Waals surface area contributed by atoms with Gasteiger partial charge in [0.1, 0.15) is 0 Å². The van der Waals surface area contributed by atoms with Crippen molar-refractivity contribution in [3.63, 3.8) is 0 Å². The minimum absolute atomic E-state index is 0.279. The van der Waals surface area contributed by atoms with E-state index in [2.05, 4.69) is 5.32 Å². The lowest BCUT2D eigenvalue weighted by molar-refractivity contribution is 0.454. The summed E-state index contributed by atoms with van der Waals surface area (Å²) < 4.78 is 31.4. The molecule has 1 rings (SSSR count). The number of hydrogen-bond donors (Lipinski definition) is 4. The van der Waals surface area contributed by atoms with E-state index >= 15 is 0 Å². The summed E-state index contributed by atoms with van der Waals surface area (Å²) in [4.78, 5) is 0. The molecule has 7 heteroatoms. The highest BCUT2D eigenvalue weighted by molar-refractivity contribution is 7.86. The van der Waals surface area contributed by atoms with Crippen molar-refractivity contribution in [1.29, 1.82) is 0 Å². The number of benzene rings is 1. The molecule has 1 atom stereocenters. The van der Waals surface area contributed by atoms with Crippen LogP contribution in [0.3, 0.4) is 0 Å². The van der Waals surface area contributed by atoms with E-state index in [4.69, 9.17) is 16.0 Å². The van der Waals surface area contributed by atoms with E-state index in [0.717, 1.165) is 0 Å². The van der Waals surface area contributed by atoms with Gasteiger partial charge in [-0.25, -0.2) is 0 Å². The zero-order chi connectivity index (χ0) is 12.2. The van der Waals surface area contributed by atoms with Gasteiger partial charge in [0, 0.05) is 18.8 Å². The highest BCUT2D eigenvalue weighted by Crippen LogP contribution is 2.19. The molecule has 1 unspecified atom stereocenters. The van der Waals surface area contributed by atoms with Crippen molar-refractivity contribution in [3.05, 3.63) is 29.8 Å². The second-order valence-corrected chi connectivity index (χ2v) is 4.81. The number of rotatable bonds is 5. The van der Waals surface area contributed by atoms with Gasteiger partial charge in [0.25, 0.3) is 10.1 Å². The maximum absolute atomic E-state index is 11.1. The molecular weight excluding hydrogens is 230 g/mol. The van der Waals surface area contributed by atoms with Gasteiger partial charge >= 0.3 is 0 Å². The van der Waals surface area contributed by atoms with Crippen LogP contribution in [0.2, 0.25) is 0 Å². The predicted octanol–water partition coefficient (Wildman–Crippen LogP) is -0.296. The average molecular weight is 245 g/mol. The van der Waals surface area contributed by atoms with Crippen molar-refractivity contribution >= 4 is 15.8 Å². The summed E-state index contributed by atoms with van der Waals surface area (Å²) in [5, 5.41) is 1.47. The number of nitrogens with one attached hydrogen (secondary N) is 1. The Balaban J connectivity index is 2.97. The minimum Gasteiger partial charge on any atom is -0.399 e. The molecule has 0 aromatic heterocycles. The molecule has 0 bridgehead atoms. The fourth-order valence-corrected chi connectivity index (χ4v) is 2.11. The third-order valence-corrected chi connectivity index (χ3v) is 3.05. The van der Waals surface area contributed by atoms with E-state index in [9.17, 15) is 8.42 Å². The summed E-state index contributed by atoms with van der Waals surface area (Å²) in [6.45, 7) is 0.565. The molecule has 90 valence electrons. The SMILES string of the molecule is NCCNC(c1ccc(N)cc1)S(=O)(=O)O. The average Bonchev–Trinajstić information content (AvgIpc) is 2.19. The second kappa shape index (κ2) is 5.26. The van der Waals surface area contributed by atoms with Crippen molar-refractivity contribution in [2.24, 2.45) is 5.73 Å². The van der Waals surface area contributed by atoms with Crippen LogP contribution in [0.1, 0.15) is 10.9 Å². The lowest BCUT2D eigenvalue weighted by Crippen LogP contribution is -2.32. The zero-order valence-corrected chi connectivity index (χ0v) is 9.44. The summed E-state index contributed by atoms with van der Waals surface area (Å²) in [7, 11) is -4.21. The Labute approximate surface area is 94.4 Å². The van der Waals surface area contributed by atoms with Gasteiger partial charge < -0.3 is 11.5 Å². The van der Waals surface area contributed by atoms with Gasteiger partial charge in [-0.05, 0) is 17.7 Å². The third kappa shape index (κ3) is 3.46. The first-order chi connectivity index (χ1) is 7.45. The maximum atomic E-state index is 11.1. The summed E-state index contributed by atoms with van der Waals surface area (Å²) in [6.07, 6.45) is 0. The van der Waals surface area contributed by atoms with E-state index in [0.29, 0.717) is 11.3 Å². The van der Waals surface area contributed by atoms with Gasteiger partial charge in [-0.2, -0.15) is 8.42 Å². The molecule has 1 aromatic rings. The molecule has 0 amide bonds. The van der Waals surface area contributed by atoms with Crippen molar-refractivity contribution in [2.45, 2.75) is 5.37 Å². The van der Waals surface area contributed by atoms with Crippen LogP contribution in [-0.2, 0) is 10.1 Å². The first-order valence-electron chi connectivity index (χ1n) is 4.70. The number of hydrogen-bond acceptors (Lipinski definition) is 5. The molecule has 1 aromatic carbocycles. The predicted molar refractivity (Wildman–Crippen MR) is 62.2 cm³/mol. The van der Waals surface area contributed by atoms with Gasteiger partial charge in [-0.1, -0.05) is 12.1 Å². The van der Waals surface area contributed by atoms with Crippen molar-refractivity contribution < 1.29 is 13.0 Å². The molecule has 0 radical (unpaired) electrons. The van der Waals surface area contributed by atoms with Gasteiger partial charge in [-0.3, -0.25) is 9.87 Å². The molecule has 16 heavy (non-hydrogen) atoms. The van der Waals surface area contributed by atoms with Crippen LogP contribution in [0.4, 0.5) is 5.69 Å². The summed E-state index contributed by atoms with van der Waals surface area (Å²) in [6, 6.07) is 6.21. The molecule has 0 aliphatic rings. The molecule has 6 N–H and O–H groups in total. The van der Waals surface area contributed by atoms with Crippen LogP contribution in [0.25, 0.3) is 0 Å². The van der Waals surface area contributed by atoms with Crippen LogP contribution in [0.5, 0.6) is 0 Å². The molecule has 0 fully saturated rings. The lowest BCUT2D eigenvalue weighted by Gasteiger charge is -2.15. The van der Waals surface area contributed by atoms with Crippen molar-refractivity contribution in [2.75, 3.05) is 18.8 Å². The topological polar surface area (TPSA) is 118 Å². The molecule has 0 spiro atoms. The van der Waals surface area contributed by atoms with E-state index in [-0.39, 0.29) is 13.1 Å². The quantitative estimate of drug-likeness (QED) is 0.418. The molecule has 0 aliphatic heterocycles. The van der Waals surface area contributed by atoms with E-state index in [1.165, 1.54) is 12.1 Å². The zero-order valence-electron chi connectivity index (χ0n) is 8.63. The van der Waals surface area contributed by atoms with Gasteiger partial charge in [0.15, 0.2) is 5.37 Å². The molecule has 0 heterocycles. The lowest BCUT2D eigenvalue weighted by atomic mass is 10.2. The number of anilines is 1. The Hall–Kier alpha value is -1.15. The van der Waals surface area contributed by atoms with Gasteiger partial charge in [-0.15, -0.1) is 0 Å². The van der Waals surface area contributed by atoms with Crippen LogP contribution in [0, 0.1) is 0 Å². The van der Waals surface area contributed by atoms with E-state index < -0.39 is 15.5 Å². The maximum Gasteiger partial charge on any atom is 0.285 e.